The number of nitrogens with two attached hydrogens (primary N) is 1. The maximum atomic E-state index is 6.44. The fraction of sp³-hybridized carbons (Fsp3) is 0.600. The third-order valence-electron chi connectivity index (χ3n) is 4.16. The molecule has 2 aliphatic heterocycles. The largest absolute Gasteiger partial charge is 0.493 e. The zero-order chi connectivity index (χ0) is 13.2. The Hall–Kier alpha value is -1.10. The smallest absolute Gasteiger partial charge is 0.122 e. The predicted octanol–water partition coefficient (Wildman–Crippen LogP) is 0.915. The minimum atomic E-state index is 0.0509. The Morgan fingerprint density at radius 1 is 1.47 bits per heavy atom. The maximum Gasteiger partial charge on any atom is 0.122 e. The predicted molar refractivity (Wildman–Crippen MR) is 76.5 cm³/mol. The molecule has 0 amide bonds. The van der Waals surface area contributed by atoms with Crippen molar-refractivity contribution < 1.29 is 4.74 Å². The summed E-state index contributed by atoms with van der Waals surface area (Å²) >= 11 is 0. The van der Waals surface area contributed by atoms with Crippen LogP contribution < -0.4 is 15.8 Å². The molecule has 2 aliphatic rings. The van der Waals surface area contributed by atoms with Crippen LogP contribution in [0.1, 0.15) is 23.6 Å². The summed E-state index contributed by atoms with van der Waals surface area (Å²) in [7, 11) is 2.15. The van der Waals surface area contributed by atoms with E-state index in [1.807, 2.05) is 0 Å². The summed E-state index contributed by atoms with van der Waals surface area (Å²) in [4.78, 5) is 2.34. The molecule has 104 valence electrons. The van der Waals surface area contributed by atoms with Crippen molar-refractivity contribution in [2.24, 2.45) is 5.73 Å². The molecule has 1 aromatic carbocycles. The van der Waals surface area contributed by atoms with Crippen molar-refractivity contribution in [2.45, 2.75) is 24.9 Å². The lowest BCUT2D eigenvalue weighted by atomic mass is 9.94. The van der Waals surface area contributed by atoms with Gasteiger partial charge in [-0.05, 0) is 37.1 Å². The van der Waals surface area contributed by atoms with E-state index in [9.17, 15) is 0 Å². The number of hydrogen-bond donors (Lipinski definition) is 2. The number of aryl methyl sites for hydroxylation is 1. The molecule has 0 spiro atoms. The van der Waals surface area contributed by atoms with Crippen molar-refractivity contribution in [3.63, 3.8) is 0 Å². The summed E-state index contributed by atoms with van der Waals surface area (Å²) in [5.41, 5.74) is 8.96. The molecule has 1 fully saturated rings. The number of nitrogens with zero attached hydrogens (tertiary/aromatic N) is 1. The number of fused-ring (bicyclic) bond motifs is 1. The molecule has 3 N–H and O–H groups in total. The summed E-state index contributed by atoms with van der Waals surface area (Å²) in [5, 5.41) is 3.53. The van der Waals surface area contributed by atoms with Crippen LogP contribution in [0.5, 0.6) is 5.75 Å². The van der Waals surface area contributed by atoms with Crippen LogP contribution in [-0.4, -0.2) is 44.2 Å². The zero-order valence-corrected chi connectivity index (χ0v) is 11.6. The molecule has 1 saturated heterocycles. The topological polar surface area (TPSA) is 50.5 Å². The summed E-state index contributed by atoms with van der Waals surface area (Å²) in [6.07, 6.45) is 2.21. The minimum absolute atomic E-state index is 0.0509. The molecular formula is C15H23N3O. The van der Waals surface area contributed by atoms with Crippen LogP contribution in [0.4, 0.5) is 0 Å². The average Bonchev–Trinajstić information content (AvgIpc) is 2.46. The molecule has 2 heterocycles. The fourth-order valence-electron chi connectivity index (χ4n) is 2.99. The summed E-state index contributed by atoms with van der Waals surface area (Å²) < 4.78 is 5.66. The number of rotatable bonds is 2. The van der Waals surface area contributed by atoms with Crippen molar-refractivity contribution in [3.05, 3.63) is 29.3 Å². The Morgan fingerprint density at radius 2 is 2.37 bits per heavy atom. The first-order chi connectivity index (χ1) is 9.24. The molecule has 19 heavy (non-hydrogen) atoms. The first-order valence-corrected chi connectivity index (χ1v) is 7.17. The van der Waals surface area contributed by atoms with Crippen molar-refractivity contribution in [1.82, 2.24) is 10.2 Å². The third-order valence-corrected chi connectivity index (χ3v) is 4.16. The third kappa shape index (κ3) is 2.76. The highest BCUT2D eigenvalue weighted by molar-refractivity contribution is 5.40. The normalized spacial score (nSPS) is 25.5. The Kier molecular flexibility index (Phi) is 3.73. The number of benzene rings is 1. The Morgan fingerprint density at radius 3 is 3.21 bits per heavy atom. The molecule has 0 radical (unpaired) electrons. The van der Waals surface area contributed by atoms with Gasteiger partial charge in [0.15, 0.2) is 0 Å². The molecule has 0 aliphatic carbocycles. The van der Waals surface area contributed by atoms with Crippen molar-refractivity contribution in [2.75, 3.05) is 33.3 Å². The molecule has 2 atom stereocenters. The van der Waals surface area contributed by atoms with Crippen molar-refractivity contribution >= 4 is 0 Å². The number of piperazine rings is 1. The maximum absolute atomic E-state index is 6.44. The van der Waals surface area contributed by atoms with Crippen LogP contribution in [0.3, 0.4) is 0 Å². The van der Waals surface area contributed by atoms with Gasteiger partial charge in [0.25, 0.3) is 0 Å². The second kappa shape index (κ2) is 5.49. The van der Waals surface area contributed by atoms with Crippen LogP contribution in [0.2, 0.25) is 0 Å². The Labute approximate surface area is 114 Å². The van der Waals surface area contributed by atoms with Gasteiger partial charge in [-0.1, -0.05) is 12.1 Å². The first-order valence-electron chi connectivity index (χ1n) is 7.17. The van der Waals surface area contributed by atoms with Crippen LogP contribution in [-0.2, 0) is 6.42 Å². The van der Waals surface area contributed by atoms with Gasteiger partial charge in [-0.15, -0.1) is 0 Å². The minimum Gasteiger partial charge on any atom is -0.493 e. The Balaban J connectivity index is 1.77. The quantitative estimate of drug-likeness (QED) is 0.831. The number of nitrogens with one attached hydrogen (secondary N) is 1. The molecule has 1 aromatic rings. The summed E-state index contributed by atoms with van der Waals surface area (Å²) in [6.45, 7) is 3.96. The zero-order valence-electron chi connectivity index (χ0n) is 11.6. The van der Waals surface area contributed by atoms with Gasteiger partial charge in [-0.25, -0.2) is 0 Å². The first kappa shape index (κ1) is 12.9. The highest BCUT2D eigenvalue weighted by Gasteiger charge is 2.24. The van der Waals surface area contributed by atoms with Gasteiger partial charge in [0, 0.05) is 31.7 Å². The lowest BCUT2D eigenvalue weighted by Crippen LogP contribution is -2.53. The Bertz CT molecular complexity index is 449. The number of likely N-dealkylation sites (N-methyl/N-ethyl adjacent to an activating group) is 1. The SMILES string of the molecule is CN1CCNC(C(N)c2ccc3c(c2)CCCO3)C1. The monoisotopic (exact) mass is 261 g/mol. The van der Waals surface area contributed by atoms with E-state index in [1.165, 1.54) is 11.1 Å². The summed E-state index contributed by atoms with van der Waals surface area (Å²) in [6, 6.07) is 6.81. The van der Waals surface area contributed by atoms with Gasteiger partial charge in [0.2, 0.25) is 0 Å². The lowest BCUT2D eigenvalue weighted by Gasteiger charge is -2.35. The highest BCUT2D eigenvalue weighted by atomic mass is 16.5. The molecule has 0 aromatic heterocycles. The van der Waals surface area contributed by atoms with E-state index in [4.69, 9.17) is 10.5 Å². The molecule has 0 bridgehead atoms. The van der Waals surface area contributed by atoms with Gasteiger partial charge in [0.1, 0.15) is 5.75 Å². The van der Waals surface area contributed by atoms with Gasteiger partial charge >= 0.3 is 0 Å². The number of hydrogen-bond acceptors (Lipinski definition) is 4. The molecule has 4 nitrogen and oxygen atoms in total. The van der Waals surface area contributed by atoms with Gasteiger partial charge in [-0.2, -0.15) is 0 Å². The van der Waals surface area contributed by atoms with Crippen molar-refractivity contribution in [1.29, 1.82) is 0 Å². The van der Waals surface area contributed by atoms with E-state index in [-0.39, 0.29) is 6.04 Å². The highest BCUT2D eigenvalue weighted by Crippen LogP contribution is 2.28. The molecule has 3 rings (SSSR count). The van der Waals surface area contributed by atoms with E-state index in [2.05, 4.69) is 35.5 Å². The van der Waals surface area contributed by atoms with E-state index < -0.39 is 0 Å². The molecular weight excluding hydrogens is 238 g/mol. The average molecular weight is 261 g/mol. The van der Waals surface area contributed by atoms with Crippen LogP contribution in [0.15, 0.2) is 18.2 Å². The number of ether oxygens (including phenoxy) is 1. The van der Waals surface area contributed by atoms with Crippen LogP contribution in [0.25, 0.3) is 0 Å². The molecule has 4 heteroatoms. The fourth-order valence-corrected chi connectivity index (χ4v) is 2.99. The molecule has 0 saturated carbocycles. The van der Waals surface area contributed by atoms with E-state index in [0.717, 1.165) is 44.8 Å². The van der Waals surface area contributed by atoms with Gasteiger partial charge < -0.3 is 20.7 Å². The van der Waals surface area contributed by atoms with E-state index in [1.54, 1.807) is 0 Å². The second-order valence-electron chi connectivity index (χ2n) is 5.67. The van der Waals surface area contributed by atoms with Gasteiger partial charge in [0.05, 0.1) is 6.61 Å². The van der Waals surface area contributed by atoms with Crippen LogP contribution >= 0.6 is 0 Å². The van der Waals surface area contributed by atoms with E-state index >= 15 is 0 Å². The van der Waals surface area contributed by atoms with Gasteiger partial charge in [-0.3, -0.25) is 0 Å². The standard InChI is InChI=1S/C15H23N3O/c1-18-7-6-17-13(10-18)15(16)12-4-5-14-11(9-12)3-2-8-19-14/h4-5,9,13,15,17H,2-3,6-8,10,16H2,1H3. The van der Waals surface area contributed by atoms with Crippen LogP contribution in [0, 0.1) is 0 Å². The van der Waals surface area contributed by atoms with E-state index in [0.29, 0.717) is 6.04 Å². The lowest BCUT2D eigenvalue weighted by molar-refractivity contribution is 0.219. The van der Waals surface area contributed by atoms with Crippen molar-refractivity contribution in [3.8, 4) is 5.75 Å². The summed E-state index contributed by atoms with van der Waals surface area (Å²) in [5.74, 6) is 1.04. The molecule has 2 unspecified atom stereocenters. The second-order valence-corrected chi connectivity index (χ2v) is 5.67.